The van der Waals surface area contributed by atoms with Crippen LogP contribution in [0.2, 0.25) is 0 Å². The van der Waals surface area contributed by atoms with Gasteiger partial charge in [-0.25, -0.2) is 0 Å². The van der Waals surface area contributed by atoms with Gasteiger partial charge in [-0.05, 0) is 117 Å². The van der Waals surface area contributed by atoms with Gasteiger partial charge in [0.25, 0.3) is 0 Å². The normalized spacial score (nSPS) is 12.4. The van der Waals surface area contributed by atoms with Gasteiger partial charge < -0.3 is 9.47 Å². The Labute approximate surface area is 169 Å². The van der Waals surface area contributed by atoms with Crippen LogP contribution in [0.4, 0.5) is 0 Å². The minimum Gasteiger partial charge on any atom is -0.463 e. The Morgan fingerprint density at radius 2 is 1.58 bits per heavy atom. The number of hydrogen-bond donors (Lipinski definition) is 0. The zero-order chi connectivity index (χ0) is 14.7. The Hall–Kier alpha value is 1.64. The SMILES string of the molecule is C=C(C)c1c(I)c(I)c(OC(C)OCC)c(I)c1I. The van der Waals surface area contributed by atoms with Crippen LogP contribution in [-0.4, -0.2) is 12.9 Å². The first-order valence-corrected chi connectivity index (χ1v) is 9.92. The molecule has 1 rings (SSSR count). The Balaban J connectivity index is 3.32. The van der Waals surface area contributed by atoms with E-state index in [-0.39, 0.29) is 6.29 Å². The first kappa shape index (κ1) is 18.7. The molecule has 0 aromatic heterocycles. The fourth-order valence-electron chi connectivity index (χ4n) is 1.52. The van der Waals surface area contributed by atoms with E-state index in [4.69, 9.17) is 9.47 Å². The summed E-state index contributed by atoms with van der Waals surface area (Å²) in [6.45, 7) is 10.6. The van der Waals surface area contributed by atoms with E-state index in [0.717, 1.165) is 18.5 Å². The maximum atomic E-state index is 5.94. The molecule has 0 bridgehead atoms. The molecule has 0 saturated heterocycles. The van der Waals surface area contributed by atoms with Gasteiger partial charge in [-0.15, -0.1) is 0 Å². The molecule has 1 atom stereocenters. The molecular weight excluding hydrogens is 696 g/mol. The van der Waals surface area contributed by atoms with Crippen LogP contribution >= 0.6 is 90.4 Å². The molecule has 19 heavy (non-hydrogen) atoms. The van der Waals surface area contributed by atoms with E-state index in [1.54, 1.807) is 0 Å². The van der Waals surface area contributed by atoms with Crippen molar-refractivity contribution < 1.29 is 9.47 Å². The number of ether oxygens (including phenoxy) is 2. The molecule has 0 saturated carbocycles. The topological polar surface area (TPSA) is 18.5 Å². The standard InChI is InChI=1S/C13H14I4O2/c1-5-18-7(4)19-13-11(16)9(14)8(6(2)3)10(15)12(13)17/h7H,2,5H2,1,3-4H3. The first-order chi connectivity index (χ1) is 8.81. The van der Waals surface area contributed by atoms with Crippen LogP contribution in [-0.2, 0) is 4.74 Å². The van der Waals surface area contributed by atoms with Crippen molar-refractivity contribution in [2.24, 2.45) is 0 Å². The third kappa shape index (κ3) is 4.55. The summed E-state index contributed by atoms with van der Waals surface area (Å²) in [5.41, 5.74) is 2.29. The summed E-state index contributed by atoms with van der Waals surface area (Å²) in [5, 5.41) is 0. The number of halogens is 4. The lowest BCUT2D eigenvalue weighted by Crippen LogP contribution is -2.18. The molecule has 106 valence electrons. The number of hydrogen-bond acceptors (Lipinski definition) is 2. The van der Waals surface area contributed by atoms with Gasteiger partial charge in [0.15, 0.2) is 12.0 Å². The third-order valence-electron chi connectivity index (χ3n) is 2.34. The maximum Gasteiger partial charge on any atom is 0.197 e. The number of benzene rings is 1. The van der Waals surface area contributed by atoms with E-state index in [1.807, 2.05) is 20.8 Å². The van der Waals surface area contributed by atoms with E-state index in [1.165, 1.54) is 12.7 Å². The van der Waals surface area contributed by atoms with Gasteiger partial charge in [-0.1, -0.05) is 6.58 Å². The molecule has 0 heterocycles. The van der Waals surface area contributed by atoms with Gasteiger partial charge >= 0.3 is 0 Å². The Morgan fingerprint density at radius 1 is 1.11 bits per heavy atom. The number of allylic oxidation sites excluding steroid dienone is 1. The highest BCUT2D eigenvalue weighted by Crippen LogP contribution is 2.40. The second kappa shape index (κ2) is 8.32. The lowest BCUT2D eigenvalue weighted by molar-refractivity contribution is -0.0623. The fraction of sp³-hybridized carbons (Fsp3) is 0.385. The molecule has 0 fully saturated rings. The predicted octanol–water partition coefficient (Wildman–Crippen LogP) is 5.90. The van der Waals surface area contributed by atoms with E-state index in [0.29, 0.717) is 6.61 Å². The van der Waals surface area contributed by atoms with Crippen molar-refractivity contribution in [3.05, 3.63) is 26.4 Å². The summed E-state index contributed by atoms with van der Waals surface area (Å²) in [6, 6.07) is 0. The molecule has 0 amide bonds. The van der Waals surface area contributed by atoms with Crippen molar-refractivity contribution >= 4 is 95.9 Å². The summed E-state index contributed by atoms with van der Waals surface area (Å²) in [6.07, 6.45) is -0.241. The fourth-order valence-corrected chi connectivity index (χ4v) is 5.84. The highest BCUT2D eigenvalue weighted by Gasteiger charge is 2.21. The van der Waals surface area contributed by atoms with Gasteiger partial charge in [0, 0.05) is 19.3 Å². The molecule has 1 aromatic rings. The largest absolute Gasteiger partial charge is 0.463 e. The second-order valence-corrected chi connectivity index (χ2v) is 8.20. The molecule has 2 nitrogen and oxygen atoms in total. The Bertz CT molecular complexity index is 471. The van der Waals surface area contributed by atoms with E-state index in [9.17, 15) is 0 Å². The minimum absolute atomic E-state index is 0.241. The van der Waals surface area contributed by atoms with Crippen molar-refractivity contribution in [2.45, 2.75) is 27.1 Å². The summed E-state index contributed by atoms with van der Waals surface area (Å²) < 4.78 is 16.0. The lowest BCUT2D eigenvalue weighted by atomic mass is 10.1. The Kier molecular flexibility index (Phi) is 8.18. The lowest BCUT2D eigenvalue weighted by Gasteiger charge is -2.20. The molecule has 6 heteroatoms. The minimum atomic E-state index is -0.241. The van der Waals surface area contributed by atoms with Gasteiger partial charge in [0.2, 0.25) is 0 Å². The molecule has 0 N–H and O–H groups in total. The van der Waals surface area contributed by atoms with Gasteiger partial charge in [0.1, 0.15) is 0 Å². The summed E-state index contributed by atoms with van der Waals surface area (Å²) in [7, 11) is 0. The van der Waals surface area contributed by atoms with Crippen molar-refractivity contribution in [1.29, 1.82) is 0 Å². The van der Waals surface area contributed by atoms with Crippen molar-refractivity contribution in [1.82, 2.24) is 0 Å². The van der Waals surface area contributed by atoms with Crippen molar-refractivity contribution in [3.63, 3.8) is 0 Å². The van der Waals surface area contributed by atoms with E-state index in [2.05, 4.69) is 96.9 Å². The highest BCUT2D eigenvalue weighted by atomic mass is 127. The van der Waals surface area contributed by atoms with E-state index < -0.39 is 0 Å². The average Bonchev–Trinajstić information content (AvgIpc) is 2.32. The molecule has 1 unspecified atom stereocenters. The van der Waals surface area contributed by atoms with Crippen LogP contribution in [0.1, 0.15) is 26.3 Å². The monoisotopic (exact) mass is 710 g/mol. The van der Waals surface area contributed by atoms with Gasteiger partial charge in [-0.2, -0.15) is 0 Å². The third-order valence-corrected chi connectivity index (χ3v) is 8.62. The molecule has 0 spiro atoms. The van der Waals surface area contributed by atoms with Gasteiger partial charge in [-0.3, -0.25) is 0 Å². The smallest absolute Gasteiger partial charge is 0.197 e. The first-order valence-electron chi connectivity index (χ1n) is 5.61. The molecule has 0 aliphatic rings. The Morgan fingerprint density at radius 3 is 1.95 bits per heavy atom. The zero-order valence-electron chi connectivity index (χ0n) is 10.8. The van der Waals surface area contributed by atoms with Crippen LogP contribution in [0.15, 0.2) is 6.58 Å². The van der Waals surface area contributed by atoms with Crippen LogP contribution in [0.25, 0.3) is 5.57 Å². The van der Waals surface area contributed by atoms with Crippen LogP contribution in [0, 0.1) is 14.3 Å². The maximum absolute atomic E-state index is 5.94. The van der Waals surface area contributed by atoms with Gasteiger partial charge in [0.05, 0.1) is 7.14 Å². The molecule has 0 aliphatic carbocycles. The summed E-state index contributed by atoms with van der Waals surface area (Å²) >= 11 is 9.38. The summed E-state index contributed by atoms with van der Waals surface area (Å²) in [4.78, 5) is 0. The highest BCUT2D eigenvalue weighted by molar-refractivity contribution is 14.1. The number of rotatable bonds is 5. The van der Waals surface area contributed by atoms with E-state index >= 15 is 0 Å². The molecule has 0 radical (unpaired) electrons. The van der Waals surface area contributed by atoms with Crippen LogP contribution < -0.4 is 4.74 Å². The van der Waals surface area contributed by atoms with Crippen LogP contribution in [0.3, 0.4) is 0 Å². The molecule has 0 aliphatic heterocycles. The van der Waals surface area contributed by atoms with Crippen molar-refractivity contribution in [3.8, 4) is 5.75 Å². The zero-order valence-corrected chi connectivity index (χ0v) is 19.4. The molecule has 1 aromatic carbocycles. The predicted molar refractivity (Wildman–Crippen MR) is 114 cm³/mol. The average molecular weight is 710 g/mol. The quantitative estimate of drug-likeness (QED) is 0.216. The summed E-state index contributed by atoms with van der Waals surface area (Å²) in [5.74, 6) is 0.904. The van der Waals surface area contributed by atoms with Crippen LogP contribution in [0.5, 0.6) is 5.75 Å². The molecular formula is C13H14I4O2. The van der Waals surface area contributed by atoms with Crippen molar-refractivity contribution in [2.75, 3.05) is 6.61 Å². The second-order valence-electron chi connectivity index (χ2n) is 3.88.